The third kappa shape index (κ3) is 4.22. The van der Waals surface area contributed by atoms with E-state index in [0.717, 1.165) is 30.7 Å². The first kappa shape index (κ1) is 15.8. The summed E-state index contributed by atoms with van der Waals surface area (Å²) in [6, 6.07) is 14.1. The topological polar surface area (TPSA) is 48.5 Å². The molecular weight excluding hydrogens is 356 g/mol. The Morgan fingerprint density at radius 3 is 2.48 bits per heavy atom. The number of aromatic nitrogens is 1. The van der Waals surface area contributed by atoms with E-state index in [0.29, 0.717) is 5.82 Å². The van der Waals surface area contributed by atoms with Crippen LogP contribution < -0.4 is 10.2 Å². The lowest BCUT2D eigenvalue weighted by molar-refractivity contribution is -0.129. The fraction of sp³-hybridized carbons (Fsp3) is 0.294. The minimum atomic E-state index is 0.113. The van der Waals surface area contributed by atoms with Gasteiger partial charge in [-0.15, -0.1) is 0 Å². The van der Waals surface area contributed by atoms with Crippen molar-refractivity contribution in [1.29, 1.82) is 0 Å². The van der Waals surface area contributed by atoms with Crippen LogP contribution in [0.1, 0.15) is 0 Å². The van der Waals surface area contributed by atoms with E-state index in [2.05, 4.69) is 43.3 Å². The molecule has 0 atom stereocenters. The van der Waals surface area contributed by atoms with Gasteiger partial charge in [0.1, 0.15) is 5.82 Å². The van der Waals surface area contributed by atoms with Crippen molar-refractivity contribution < 1.29 is 4.79 Å². The average Bonchev–Trinajstić information content (AvgIpc) is 2.62. The molecule has 120 valence electrons. The molecule has 3 rings (SSSR count). The van der Waals surface area contributed by atoms with Crippen LogP contribution >= 0.6 is 15.9 Å². The van der Waals surface area contributed by atoms with Crippen LogP contribution in [0.25, 0.3) is 0 Å². The summed E-state index contributed by atoms with van der Waals surface area (Å²) in [7, 11) is 0. The SMILES string of the molecule is O=C(CNc1ccc(Br)cn1)N1CCN(c2ccccc2)CC1. The maximum absolute atomic E-state index is 12.3. The van der Waals surface area contributed by atoms with E-state index in [1.165, 1.54) is 5.69 Å². The molecule has 2 aromatic rings. The second kappa shape index (κ2) is 7.46. The van der Waals surface area contributed by atoms with Crippen molar-refractivity contribution in [1.82, 2.24) is 9.88 Å². The molecule has 0 spiro atoms. The highest BCUT2D eigenvalue weighted by atomic mass is 79.9. The summed E-state index contributed by atoms with van der Waals surface area (Å²) >= 11 is 3.34. The monoisotopic (exact) mass is 374 g/mol. The van der Waals surface area contributed by atoms with Gasteiger partial charge in [0.2, 0.25) is 5.91 Å². The van der Waals surface area contributed by atoms with Gasteiger partial charge >= 0.3 is 0 Å². The highest BCUT2D eigenvalue weighted by Crippen LogP contribution is 2.15. The van der Waals surface area contributed by atoms with E-state index in [9.17, 15) is 4.79 Å². The van der Waals surface area contributed by atoms with Gasteiger partial charge < -0.3 is 15.1 Å². The van der Waals surface area contributed by atoms with E-state index < -0.39 is 0 Å². The lowest BCUT2D eigenvalue weighted by Crippen LogP contribution is -2.50. The summed E-state index contributed by atoms with van der Waals surface area (Å²) in [5, 5.41) is 3.08. The highest BCUT2D eigenvalue weighted by molar-refractivity contribution is 9.10. The molecule has 1 aliphatic heterocycles. The third-order valence-electron chi connectivity index (χ3n) is 3.90. The van der Waals surface area contributed by atoms with Crippen LogP contribution in [0.15, 0.2) is 53.1 Å². The number of hydrogen-bond acceptors (Lipinski definition) is 4. The molecule has 1 N–H and O–H groups in total. The van der Waals surface area contributed by atoms with Gasteiger partial charge in [0.25, 0.3) is 0 Å². The second-order valence-corrected chi connectivity index (χ2v) is 6.33. The number of carbonyl (C=O) groups is 1. The van der Waals surface area contributed by atoms with Gasteiger partial charge in [-0.05, 0) is 40.2 Å². The van der Waals surface area contributed by atoms with Gasteiger partial charge in [0.15, 0.2) is 0 Å². The van der Waals surface area contributed by atoms with Crippen LogP contribution in [0.5, 0.6) is 0 Å². The summed E-state index contributed by atoms with van der Waals surface area (Å²) in [5.41, 5.74) is 1.22. The zero-order chi connectivity index (χ0) is 16.1. The third-order valence-corrected chi connectivity index (χ3v) is 4.37. The molecule has 0 unspecified atom stereocenters. The first-order valence-corrected chi connectivity index (χ1v) is 8.45. The average molecular weight is 375 g/mol. The highest BCUT2D eigenvalue weighted by Gasteiger charge is 2.20. The Balaban J connectivity index is 1.47. The number of piperazine rings is 1. The van der Waals surface area contributed by atoms with Crippen LogP contribution in [0.3, 0.4) is 0 Å². The van der Waals surface area contributed by atoms with E-state index in [4.69, 9.17) is 0 Å². The van der Waals surface area contributed by atoms with Gasteiger partial charge in [-0.2, -0.15) is 0 Å². The molecule has 5 nitrogen and oxygen atoms in total. The quantitative estimate of drug-likeness (QED) is 0.893. The summed E-state index contributed by atoms with van der Waals surface area (Å²) in [6.07, 6.45) is 1.71. The lowest BCUT2D eigenvalue weighted by Gasteiger charge is -2.36. The van der Waals surface area contributed by atoms with E-state index in [1.807, 2.05) is 35.2 Å². The Bertz CT molecular complexity index is 639. The van der Waals surface area contributed by atoms with Crippen molar-refractivity contribution in [3.05, 3.63) is 53.1 Å². The largest absolute Gasteiger partial charge is 0.368 e. The number of nitrogens with one attached hydrogen (secondary N) is 1. The maximum atomic E-state index is 12.3. The van der Waals surface area contributed by atoms with Crippen molar-refractivity contribution in [2.24, 2.45) is 0 Å². The zero-order valence-corrected chi connectivity index (χ0v) is 14.4. The Labute approximate surface area is 144 Å². The summed E-state index contributed by atoms with van der Waals surface area (Å²) in [4.78, 5) is 20.7. The number of nitrogens with zero attached hydrogens (tertiary/aromatic N) is 3. The molecule has 2 heterocycles. The van der Waals surface area contributed by atoms with Crippen molar-refractivity contribution in [2.75, 3.05) is 42.9 Å². The van der Waals surface area contributed by atoms with Crippen molar-refractivity contribution in [3.63, 3.8) is 0 Å². The van der Waals surface area contributed by atoms with Crippen molar-refractivity contribution in [3.8, 4) is 0 Å². The molecule has 0 aliphatic carbocycles. The smallest absolute Gasteiger partial charge is 0.242 e. The Kier molecular flexibility index (Phi) is 5.12. The predicted molar refractivity (Wildman–Crippen MR) is 95.7 cm³/mol. The number of amides is 1. The second-order valence-electron chi connectivity index (χ2n) is 5.42. The van der Waals surface area contributed by atoms with Gasteiger partial charge in [-0.3, -0.25) is 4.79 Å². The molecule has 1 fully saturated rings. The summed E-state index contributed by atoms with van der Waals surface area (Å²) in [6.45, 7) is 3.52. The van der Waals surface area contributed by atoms with Crippen LogP contribution in [-0.4, -0.2) is 48.5 Å². The molecule has 1 aromatic heterocycles. The number of benzene rings is 1. The number of carbonyl (C=O) groups excluding carboxylic acids is 1. The Hall–Kier alpha value is -2.08. The van der Waals surface area contributed by atoms with Crippen LogP contribution in [-0.2, 0) is 4.79 Å². The lowest BCUT2D eigenvalue weighted by atomic mass is 10.2. The minimum absolute atomic E-state index is 0.113. The van der Waals surface area contributed by atoms with Gasteiger partial charge in [0, 0.05) is 42.5 Å². The number of hydrogen-bond donors (Lipinski definition) is 1. The van der Waals surface area contributed by atoms with Crippen LogP contribution in [0.4, 0.5) is 11.5 Å². The molecule has 0 saturated carbocycles. The zero-order valence-electron chi connectivity index (χ0n) is 12.8. The number of para-hydroxylation sites is 1. The number of pyridine rings is 1. The number of rotatable bonds is 4. The van der Waals surface area contributed by atoms with Gasteiger partial charge in [-0.25, -0.2) is 4.98 Å². The molecule has 0 bridgehead atoms. The standard InChI is InChI=1S/C17H19BrN4O/c18-14-6-7-16(19-12-14)20-13-17(23)22-10-8-21(9-11-22)15-4-2-1-3-5-15/h1-7,12H,8-11,13H2,(H,19,20). The fourth-order valence-corrected chi connectivity index (χ4v) is 2.85. The van der Waals surface area contributed by atoms with E-state index in [-0.39, 0.29) is 12.5 Å². The van der Waals surface area contributed by atoms with Crippen molar-refractivity contribution in [2.45, 2.75) is 0 Å². The fourth-order valence-electron chi connectivity index (χ4n) is 2.61. The number of halogens is 1. The van der Waals surface area contributed by atoms with Gasteiger partial charge in [0.05, 0.1) is 6.54 Å². The molecule has 23 heavy (non-hydrogen) atoms. The van der Waals surface area contributed by atoms with Crippen molar-refractivity contribution >= 4 is 33.3 Å². The molecular formula is C17H19BrN4O. The molecule has 1 aliphatic rings. The Morgan fingerprint density at radius 2 is 1.83 bits per heavy atom. The van der Waals surface area contributed by atoms with E-state index in [1.54, 1.807) is 6.20 Å². The first-order valence-electron chi connectivity index (χ1n) is 7.65. The maximum Gasteiger partial charge on any atom is 0.242 e. The van der Waals surface area contributed by atoms with Crippen LogP contribution in [0, 0.1) is 0 Å². The number of anilines is 2. The Morgan fingerprint density at radius 1 is 1.09 bits per heavy atom. The predicted octanol–water partition coefficient (Wildman–Crippen LogP) is 2.60. The van der Waals surface area contributed by atoms with E-state index >= 15 is 0 Å². The minimum Gasteiger partial charge on any atom is -0.368 e. The summed E-state index contributed by atoms with van der Waals surface area (Å²) in [5.74, 6) is 0.826. The molecule has 6 heteroatoms. The molecule has 1 amide bonds. The normalized spacial score (nSPS) is 14.7. The first-order chi connectivity index (χ1) is 11.2. The molecule has 0 radical (unpaired) electrons. The summed E-state index contributed by atoms with van der Waals surface area (Å²) < 4.78 is 0.923. The van der Waals surface area contributed by atoms with Gasteiger partial charge in [-0.1, -0.05) is 18.2 Å². The molecule has 1 saturated heterocycles. The molecule has 1 aromatic carbocycles. The van der Waals surface area contributed by atoms with Crippen LogP contribution in [0.2, 0.25) is 0 Å².